The predicted molar refractivity (Wildman–Crippen MR) is 100 cm³/mol. The van der Waals surface area contributed by atoms with E-state index in [0.29, 0.717) is 5.02 Å². The zero-order valence-corrected chi connectivity index (χ0v) is 16.4. The van der Waals surface area contributed by atoms with E-state index in [9.17, 15) is 27.1 Å². The highest BCUT2D eigenvalue weighted by Gasteiger charge is 2.31. The molecule has 0 amide bonds. The first-order valence-corrected chi connectivity index (χ1v) is 9.95. The molecule has 0 spiro atoms. The Morgan fingerprint density at radius 1 is 1.21 bits per heavy atom. The monoisotopic (exact) mass is 441 g/mol. The maximum atomic E-state index is 14.5. The molecular weight excluding hydrogens is 428 g/mol. The lowest BCUT2D eigenvalue weighted by molar-refractivity contribution is 0.0680. The number of benzene rings is 2. The Morgan fingerprint density at radius 3 is 2.48 bits per heavy atom. The molecule has 1 heterocycles. The summed E-state index contributed by atoms with van der Waals surface area (Å²) in [5.41, 5.74) is -0.591. The lowest BCUT2D eigenvalue weighted by Gasteiger charge is -2.20. The average molecular weight is 442 g/mol. The van der Waals surface area contributed by atoms with Gasteiger partial charge in [0.25, 0.3) is 0 Å². The number of carboxylic acid groups (broad SMARTS) is 1. The van der Waals surface area contributed by atoms with Gasteiger partial charge in [0.05, 0.1) is 12.2 Å². The quantitative estimate of drug-likeness (QED) is 0.612. The average Bonchev–Trinajstić information content (AvgIpc) is 3.06. The maximum Gasteiger partial charge on any atom is 0.355 e. The highest BCUT2D eigenvalue weighted by Crippen LogP contribution is 2.29. The van der Waals surface area contributed by atoms with Crippen LogP contribution in [0.1, 0.15) is 27.7 Å². The van der Waals surface area contributed by atoms with E-state index < -0.39 is 44.3 Å². The third kappa shape index (κ3) is 4.14. The molecule has 1 atom stereocenters. The van der Waals surface area contributed by atoms with Gasteiger partial charge in [-0.1, -0.05) is 35.9 Å². The van der Waals surface area contributed by atoms with Crippen LogP contribution in [-0.4, -0.2) is 29.3 Å². The molecule has 0 bridgehead atoms. The van der Waals surface area contributed by atoms with Crippen molar-refractivity contribution in [2.75, 3.05) is 0 Å². The van der Waals surface area contributed by atoms with Gasteiger partial charge in [-0.2, -0.15) is 9.82 Å². The lowest BCUT2D eigenvalue weighted by Crippen LogP contribution is -2.31. The highest BCUT2D eigenvalue weighted by molar-refractivity contribution is 7.89. The van der Waals surface area contributed by atoms with Crippen LogP contribution in [0.15, 0.2) is 53.6 Å². The van der Waals surface area contributed by atoms with Crippen LogP contribution < -0.4 is 4.72 Å². The van der Waals surface area contributed by atoms with Crippen molar-refractivity contribution in [2.24, 2.45) is 7.05 Å². The Kier molecular flexibility index (Phi) is 5.69. The van der Waals surface area contributed by atoms with Gasteiger partial charge in [-0.25, -0.2) is 22.0 Å². The number of sulfonamides is 1. The van der Waals surface area contributed by atoms with Crippen molar-refractivity contribution in [3.05, 3.63) is 82.1 Å². The molecule has 0 saturated heterocycles. The fourth-order valence-corrected chi connectivity index (χ4v) is 4.27. The summed E-state index contributed by atoms with van der Waals surface area (Å²) in [6.07, 6.45) is 0.868. The molecule has 0 fully saturated rings. The van der Waals surface area contributed by atoms with Gasteiger partial charge < -0.3 is 5.11 Å². The fourth-order valence-electron chi connectivity index (χ4n) is 2.79. The van der Waals surface area contributed by atoms with Crippen molar-refractivity contribution in [3.63, 3.8) is 0 Å². The molecule has 2 N–H and O–H groups in total. The summed E-state index contributed by atoms with van der Waals surface area (Å²) in [5.74, 6) is -3.90. The first-order valence-electron chi connectivity index (χ1n) is 8.09. The summed E-state index contributed by atoms with van der Waals surface area (Å²) in [6, 6.07) is 7.82. The van der Waals surface area contributed by atoms with Crippen LogP contribution in [0.4, 0.5) is 8.78 Å². The summed E-state index contributed by atoms with van der Waals surface area (Å²) in [5, 5.41) is 13.3. The third-order valence-electron chi connectivity index (χ3n) is 4.17. The minimum atomic E-state index is -4.49. The van der Waals surface area contributed by atoms with Gasteiger partial charge in [0, 0.05) is 17.6 Å². The van der Waals surface area contributed by atoms with E-state index in [-0.39, 0.29) is 11.1 Å². The van der Waals surface area contributed by atoms with E-state index in [4.69, 9.17) is 11.6 Å². The van der Waals surface area contributed by atoms with Crippen LogP contribution in [0.25, 0.3) is 0 Å². The fraction of sp³-hybridized carbons (Fsp3) is 0.111. The number of aryl methyl sites for hydroxylation is 1. The number of carboxylic acids is 1. The molecule has 0 aliphatic heterocycles. The van der Waals surface area contributed by atoms with E-state index >= 15 is 0 Å². The number of nitrogens with zero attached hydrogens (tertiary/aromatic N) is 2. The van der Waals surface area contributed by atoms with Crippen molar-refractivity contribution in [3.8, 4) is 0 Å². The van der Waals surface area contributed by atoms with Crippen LogP contribution >= 0.6 is 11.6 Å². The predicted octanol–water partition coefficient (Wildman–Crippen LogP) is 3.12. The van der Waals surface area contributed by atoms with Crippen molar-refractivity contribution < 1.29 is 27.1 Å². The van der Waals surface area contributed by atoms with Gasteiger partial charge >= 0.3 is 5.97 Å². The van der Waals surface area contributed by atoms with E-state index in [0.717, 1.165) is 16.9 Å². The van der Waals surface area contributed by atoms with Crippen LogP contribution in [0, 0.1) is 11.6 Å². The molecule has 0 saturated carbocycles. The van der Waals surface area contributed by atoms with Gasteiger partial charge in [-0.05, 0) is 23.8 Å². The van der Waals surface area contributed by atoms with Crippen LogP contribution in [-0.2, 0) is 17.1 Å². The molecule has 7 nitrogen and oxygen atoms in total. The first-order chi connectivity index (χ1) is 13.6. The van der Waals surface area contributed by atoms with Gasteiger partial charge in [-0.15, -0.1) is 0 Å². The second-order valence-corrected chi connectivity index (χ2v) is 8.15. The zero-order chi connectivity index (χ0) is 21.3. The highest BCUT2D eigenvalue weighted by atomic mass is 35.5. The second kappa shape index (κ2) is 7.90. The van der Waals surface area contributed by atoms with Gasteiger partial charge in [-0.3, -0.25) is 4.68 Å². The normalized spacial score (nSPS) is 12.7. The molecule has 29 heavy (non-hydrogen) atoms. The van der Waals surface area contributed by atoms with Gasteiger partial charge in [0.2, 0.25) is 10.0 Å². The molecule has 3 aromatic rings. The van der Waals surface area contributed by atoms with E-state index in [1.54, 1.807) is 0 Å². The topological polar surface area (TPSA) is 101 Å². The Labute approximate surface area is 169 Å². The largest absolute Gasteiger partial charge is 0.476 e. The Balaban J connectivity index is 2.14. The molecule has 3 rings (SSSR count). The summed E-state index contributed by atoms with van der Waals surface area (Å²) in [6.45, 7) is 0. The molecule has 1 aromatic heterocycles. The molecule has 11 heteroatoms. The zero-order valence-electron chi connectivity index (χ0n) is 14.8. The first kappa shape index (κ1) is 20.9. The summed E-state index contributed by atoms with van der Waals surface area (Å²) in [4.78, 5) is 10.8. The minimum Gasteiger partial charge on any atom is -0.476 e. The van der Waals surface area contributed by atoms with E-state index in [2.05, 4.69) is 9.82 Å². The number of rotatable bonds is 6. The third-order valence-corrected chi connectivity index (χ3v) is 5.84. The minimum absolute atomic E-state index is 0.267. The number of nitrogens with one attached hydrogen (secondary N) is 1. The van der Waals surface area contributed by atoms with Crippen molar-refractivity contribution in [1.82, 2.24) is 14.5 Å². The number of hydrogen-bond donors (Lipinski definition) is 2. The standard InChI is InChI=1S/C18H14ClF2N3O4S/c1-24-17(18(25)26)14(9-22-24)29(27,28)23-16(10-5-7-11(19)8-6-10)12-3-2-4-13(20)15(12)21/h2-9,16,23H,1H3,(H,25,26). The Morgan fingerprint density at radius 2 is 1.86 bits per heavy atom. The maximum absolute atomic E-state index is 14.5. The number of aromatic carboxylic acids is 1. The molecular formula is C18H14ClF2N3O4S. The molecule has 1 unspecified atom stereocenters. The molecule has 2 aromatic carbocycles. The Hall–Kier alpha value is -2.82. The SMILES string of the molecule is Cn1ncc(S(=O)(=O)NC(c2ccc(Cl)cc2)c2cccc(F)c2F)c1C(=O)O. The summed E-state index contributed by atoms with van der Waals surface area (Å²) >= 11 is 5.86. The number of aromatic nitrogens is 2. The summed E-state index contributed by atoms with van der Waals surface area (Å²) in [7, 11) is -3.22. The van der Waals surface area contributed by atoms with Crippen LogP contribution in [0.5, 0.6) is 0 Å². The van der Waals surface area contributed by atoms with Gasteiger partial charge in [0.1, 0.15) is 4.90 Å². The van der Waals surface area contributed by atoms with Crippen LogP contribution in [0.2, 0.25) is 5.02 Å². The van der Waals surface area contributed by atoms with E-state index in [1.165, 1.54) is 43.4 Å². The lowest BCUT2D eigenvalue weighted by atomic mass is 9.99. The summed E-state index contributed by atoms with van der Waals surface area (Å²) < 4.78 is 57.2. The van der Waals surface area contributed by atoms with E-state index in [1.807, 2.05) is 0 Å². The molecule has 0 radical (unpaired) electrons. The molecule has 0 aliphatic rings. The number of carbonyl (C=O) groups is 1. The molecule has 0 aliphatic carbocycles. The number of hydrogen-bond acceptors (Lipinski definition) is 4. The molecule has 152 valence electrons. The van der Waals surface area contributed by atoms with Gasteiger partial charge in [0.15, 0.2) is 17.3 Å². The smallest absolute Gasteiger partial charge is 0.355 e. The van der Waals surface area contributed by atoms with Crippen molar-refractivity contribution >= 4 is 27.6 Å². The second-order valence-electron chi connectivity index (χ2n) is 6.04. The van der Waals surface area contributed by atoms with Crippen LogP contribution in [0.3, 0.4) is 0 Å². The number of halogens is 3. The van der Waals surface area contributed by atoms with Crippen molar-refractivity contribution in [2.45, 2.75) is 10.9 Å². The van der Waals surface area contributed by atoms with Crippen molar-refractivity contribution in [1.29, 1.82) is 0 Å². The Bertz CT molecular complexity index is 1180.